The minimum Gasteiger partial charge on any atom is -0.342 e. The predicted octanol–water partition coefficient (Wildman–Crippen LogP) is 3.78. The van der Waals surface area contributed by atoms with Crippen LogP contribution in [-0.4, -0.2) is 32.3 Å². The van der Waals surface area contributed by atoms with Gasteiger partial charge in [0.2, 0.25) is 5.91 Å². The van der Waals surface area contributed by atoms with Gasteiger partial charge in [-0.1, -0.05) is 44.2 Å². The first kappa shape index (κ1) is 19.4. The molecule has 1 saturated heterocycles. The van der Waals surface area contributed by atoms with Crippen LogP contribution >= 0.6 is 0 Å². The third-order valence-electron chi connectivity index (χ3n) is 4.90. The first-order chi connectivity index (χ1) is 12.9. The summed E-state index contributed by atoms with van der Waals surface area (Å²) in [6, 6.07) is 14.4. The maximum absolute atomic E-state index is 12.7. The van der Waals surface area contributed by atoms with E-state index in [1.54, 1.807) is 18.2 Å². The summed E-state index contributed by atoms with van der Waals surface area (Å²) in [6.45, 7) is 5.58. The molecule has 3 rings (SSSR count). The quantitative estimate of drug-likeness (QED) is 0.788. The van der Waals surface area contributed by atoms with Gasteiger partial charge in [-0.15, -0.1) is 0 Å². The van der Waals surface area contributed by atoms with E-state index in [1.165, 1.54) is 0 Å². The van der Waals surface area contributed by atoms with Crippen molar-refractivity contribution in [2.24, 2.45) is 0 Å². The van der Waals surface area contributed by atoms with Gasteiger partial charge in [0.1, 0.15) is 0 Å². The summed E-state index contributed by atoms with van der Waals surface area (Å²) >= 11 is 0. The first-order valence-electron chi connectivity index (χ1n) is 9.35. The average molecular weight is 387 g/mol. The molecule has 0 saturated carbocycles. The van der Waals surface area contributed by atoms with E-state index in [9.17, 15) is 13.2 Å². The van der Waals surface area contributed by atoms with Crippen molar-refractivity contribution in [3.63, 3.8) is 0 Å². The fraction of sp³-hybridized carbons (Fsp3) is 0.381. The van der Waals surface area contributed by atoms with Gasteiger partial charge in [0.25, 0.3) is 10.0 Å². The van der Waals surface area contributed by atoms with Crippen LogP contribution in [0.3, 0.4) is 0 Å². The lowest BCUT2D eigenvalue weighted by Gasteiger charge is -2.16. The summed E-state index contributed by atoms with van der Waals surface area (Å²) in [5, 5.41) is 0. The first-order valence-corrected chi connectivity index (χ1v) is 10.8. The van der Waals surface area contributed by atoms with Crippen molar-refractivity contribution in [1.82, 2.24) is 4.90 Å². The zero-order valence-electron chi connectivity index (χ0n) is 15.8. The normalized spacial score (nSPS) is 14.8. The highest BCUT2D eigenvalue weighted by Crippen LogP contribution is 2.26. The molecule has 1 aliphatic rings. The summed E-state index contributed by atoms with van der Waals surface area (Å²) < 4.78 is 28.2. The van der Waals surface area contributed by atoms with Crippen LogP contribution < -0.4 is 4.72 Å². The second-order valence-corrected chi connectivity index (χ2v) is 8.91. The number of hydrogen-bond donors (Lipinski definition) is 1. The number of para-hydroxylation sites is 1. The van der Waals surface area contributed by atoms with Crippen LogP contribution in [0, 0.1) is 0 Å². The molecular formula is C21H26N2O3S. The fourth-order valence-corrected chi connectivity index (χ4v) is 4.42. The largest absolute Gasteiger partial charge is 0.342 e. The maximum Gasteiger partial charge on any atom is 0.261 e. The van der Waals surface area contributed by atoms with E-state index in [0.717, 1.165) is 30.5 Å². The highest BCUT2D eigenvalue weighted by atomic mass is 32.2. The third-order valence-corrected chi connectivity index (χ3v) is 6.28. The van der Waals surface area contributed by atoms with Gasteiger partial charge in [0.05, 0.1) is 10.6 Å². The van der Waals surface area contributed by atoms with Crippen LogP contribution in [0.15, 0.2) is 53.4 Å². The molecule has 144 valence electrons. The van der Waals surface area contributed by atoms with Crippen LogP contribution in [0.4, 0.5) is 5.69 Å². The molecule has 1 N–H and O–H groups in total. The van der Waals surface area contributed by atoms with Crippen LogP contribution in [-0.2, 0) is 21.2 Å². The van der Waals surface area contributed by atoms with Crippen LogP contribution in [0.5, 0.6) is 0 Å². The predicted molar refractivity (Wildman–Crippen MR) is 107 cm³/mol. The number of likely N-dealkylation sites (tertiary alicyclic amines) is 1. The second-order valence-electron chi connectivity index (χ2n) is 7.23. The Labute approximate surface area is 161 Å². The molecule has 2 aromatic carbocycles. The Kier molecular flexibility index (Phi) is 5.85. The molecule has 0 aromatic heterocycles. The van der Waals surface area contributed by atoms with Crippen molar-refractivity contribution in [1.29, 1.82) is 0 Å². The van der Waals surface area contributed by atoms with Gasteiger partial charge >= 0.3 is 0 Å². The van der Waals surface area contributed by atoms with Crippen molar-refractivity contribution in [2.75, 3.05) is 17.8 Å². The summed E-state index contributed by atoms with van der Waals surface area (Å²) in [7, 11) is -3.64. The number of amides is 1. The minimum absolute atomic E-state index is 0.210. The molecule has 0 bridgehead atoms. The topological polar surface area (TPSA) is 66.5 Å². The van der Waals surface area contributed by atoms with E-state index in [1.807, 2.05) is 49.1 Å². The minimum atomic E-state index is -3.64. The van der Waals surface area contributed by atoms with Gasteiger partial charge in [-0.25, -0.2) is 8.42 Å². The molecule has 0 radical (unpaired) electrons. The number of carbonyl (C=O) groups excluding carboxylic acids is 1. The van der Waals surface area contributed by atoms with E-state index in [2.05, 4.69) is 4.72 Å². The number of carbonyl (C=O) groups is 1. The van der Waals surface area contributed by atoms with Gasteiger partial charge in [0.15, 0.2) is 0 Å². The number of hydrogen-bond acceptors (Lipinski definition) is 3. The Morgan fingerprint density at radius 1 is 1.07 bits per heavy atom. The summed E-state index contributed by atoms with van der Waals surface area (Å²) in [6.07, 6.45) is 2.30. The lowest BCUT2D eigenvalue weighted by molar-refractivity contribution is -0.127. The third kappa shape index (κ3) is 4.69. The monoisotopic (exact) mass is 386 g/mol. The van der Waals surface area contributed by atoms with Crippen LogP contribution in [0.1, 0.15) is 43.7 Å². The van der Waals surface area contributed by atoms with Gasteiger partial charge in [-0.3, -0.25) is 9.52 Å². The molecule has 0 spiro atoms. The summed E-state index contributed by atoms with van der Waals surface area (Å²) in [4.78, 5) is 13.8. The average Bonchev–Trinajstić information content (AvgIpc) is 3.05. The molecule has 1 amide bonds. The van der Waals surface area contributed by atoms with Gasteiger partial charge < -0.3 is 4.90 Å². The van der Waals surface area contributed by atoms with Crippen molar-refractivity contribution in [3.05, 3.63) is 59.7 Å². The lowest BCUT2D eigenvalue weighted by Crippen LogP contribution is -2.26. The molecular weight excluding hydrogens is 360 g/mol. The van der Waals surface area contributed by atoms with E-state index < -0.39 is 10.0 Å². The number of nitrogens with zero attached hydrogens (tertiary/aromatic N) is 1. The molecule has 1 aliphatic heterocycles. The smallest absolute Gasteiger partial charge is 0.261 e. The zero-order valence-corrected chi connectivity index (χ0v) is 16.6. The Morgan fingerprint density at radius 3 is 2.41 bits per heavy atom. The highest BCUT2D eigenvalue weighted by molar-refractivity contribution is 7.92. The summed E-state index contributed by atoms with van der Waals surface area (Å²) in [5.41, 5.74) is 2.60. The van der Waals surface area contributed by atoms with Crippen molar-refractivity contribution < 1.29 is 13.2 Å². The molecule has 5 nitrogen and oxygen atoms in total. The van der Waals surface area contributed by atoms with E-state index >= 15 is 0 Å². The highest BCUT2D eigenvalue weighted by Gasteiger charge is 2.20. The molecule has 6 heteroatoms. The fourth-order valence-electron chi connectivity index (χ4n) is 3.34. The van der Waals surface area contributed by atoms with Crippen molar-refractivity contribution in [2.45, 2.75) is 43.9 Å². The Hall–Kier alpha value is -2.34. The number of sulfonamides is 1. The summed E-state index contributed by atoms with van der Waals surface area (Å²) in [5.74, 6) is 0.432. The maximum atomic E-state index is 12.7. The van der Waals surface area contributed by atoms with Gasteiger partial charge in [-0.05, 0) is 48.1 Å². The standard InChI is InChI=1S/C21H26N2O3S/c1-16(2)19-6-3-4-7-20(19)22-27(25,26)18-11-9-17(10-12-18)13-15-23-14-5-8-21(23)24/h3-4,6-7,9-12,16,22H,5,8,13-15H2,1-2H3. The van der Waals surface area contributed by atoms with Gasteiger partial charge in [-0.2, -0.15) is 0 Å². The SMILES string of the molecule is CC(C)c1ccccc1NS(=O)(=O)c1ccc(CCN2CCCC2=O)cc1. The van der Waals surface area contributed by atoms with Crippen molar-refractivity contribution >= 4 is 21.6 Å². The lowest BCUT2D eigenvalue weighted by atomic mass is 10.0. The Morgan fingerprint density at radius 2 is 1.78 bits per heavy atom. The molecule has 1 heterocycles. The van der Waals surface area contributed by atoms with Crippen LogP contribution in [0.2, 0.25) is 0 Å². The van der Waals surface area contributed by atoms with Crippen molar-refractivity contribution in [3.8, 4) is 0 Å². The molecule has 2 aromatic rings. The van der Waals surface area contributed by atoms with E-state index in [0.29, 0.717) is 18.7 Å². The van der Waals surface area contributed by atoms with Gasteiger partial charge in [0, 0.05) is 19.5 Å². The zero-order chi connectivity index (χ0) is 19.4. The second kappa shape index (κ2) is 8.13. The number of rotatable bonds is 7. The van der Waals surface area contributed by atoms with Crippen LogP contribution in [0.25, 0.3) is 0 Å². The molecule has 0 unspecified atom stereocenters. The molecule has 27 heavy (non-hydrogen) atoms. The number of benzene rings is 2. The Balaban J connectivity index is 1.69. The molecule has 0 atom stereocenters. The molecule has 1 fully saturated rings. The number of nitrogens with one attached hydrogen (secondary N) is 1. The van der Waals surface area contributed by atoms with E-state index in [4.69, 9.17) is 0 Å². The molecule has 0 aliphatic carbocycles. The Bertz CT molecular complexity index is 905. The number of anilines is 1. The van der Waals surface area contributed by atoms with E-state index in [-0.39, 0.29) is 16.7 Å².